The molecule has 7 heteroatoms. The number of aliphatic hydroxyl groups excluding tert-OH is 1. The summed E-state index contributed by atoms with van der Waals surface area (Å²) in [6.07, 6.45) is 4.92. The number of aromatic nitrogens is 3. The number of carbonyl (C=O) groups excluding carboxylic acids is 1. The Morgan fingerprint density at radius 1 is 1.26 bits per heavy atom. The van der Waals surface area contributed by atoms with Gasteiger partial charge in [0.25, 0.3) is 0 Å². The van der Waals surface area contributed by atoms with Gasteiger partial charge in [0.1, 0.15) is 0 Å². The minimum Gasteiger partial charge on any atom is -0.396 e. The predicted octanol–water partition coefficient (Wildman–Crippen LogP) is 2.03. The van der Waals surface area contributed by atoms with E-state index in [2.05, 4.69) is 27.8 Å². The van der Waals surface area contributed by atoms with E-state index < -0.39 is 0 Å². The van der Waals surface area contributed by atoms with Gasteiger partial charge >= 0.3 is 6.03 Å². The maximum atomic E-state index is 12.2. The van der Waals surface area contributed by atoms with Gasteiger partial charge in [0.15, 0.2) is 11.5 Å². The number of pyridine rings is 1. The SMILES string of the molecule is CCCC(NC(=O)NC(CC)CCO)c1nnc2ccccn12. The quantitative estimate of drug-likeness (QED) is 0.694. The van der Waals surface area contributed by atoms with Crippen LogP contribution in [0.2, 0.25) is 0 Å². The number of rotatable bonds is 8. The minimum absolute atomic E-state index is 0.0302. The third kappa shape index (κ3) is 4.41. The van der Waals surface area contributed by atoms with Crippen LogP contribution in [-0.2, 0) is 0 Å². The molecule has 3 N–H and O–H groups in total. The first-order valence-corrected chi connectivity index (χ1v) is 8.17. The maximum absolute atomic E-state index is 12.2. The summed E-state index contributed by atoms with van der Waals surface area (Å²) in [4.78, 5) is 12.2. The van der Waals surface area contributed by atoms with Crippen molar-refractivity contribution in [3.8, 4) is 0 Å². The Morgan fingerprint density at radius 3 is 2.78 bits per heavy atom. The molecule has 0 aliphatic carbocycles. The molecule has 0 bridgehead atoms. The second-order valence-electron chi connectivity index (χ2n) is 5.56. The first-order valence-electron chi connectivity index (χ1n) is 8.17. The molecule has 2 aromatic heterocycles. The summed E-state index contributed by atoms with van der Waals surface area (Å²) in [5, 5.41) is 23.3. The highest BCUT2D eigenvalue weighted by molar-refractivity contribution is 5.74. The Labute approximate surface area is 136 Å². The van der Waals surface area contributed by atoms with Crippen LogP contribution in [0.4, 0.5) is 4.79 Å². The number of carbonyl (C=O) groups is 1. The van der Waals surface area contributed by atoms with Crippen LogP contribution in [0, 0.1) is 0 Å². The van der Waals surface area contributed by atoms with Crippen LogP contribution in [0.25, 0.3) is 5.65 Å². The fraction of sp³-hybridized carbons (Fsp3) is 0.562. The zero-order chi connectivity index (χ0) is 16.7. The number of fused-ring (bicyclic) bond motifs is 1. The lowest BCUT2D eigenvalue weighted by atomic mass is 10.1. The standard InChI is InChI=1S/C16H25N5O2/c1-3-7-13(18-16(23)17-12(4-2)9-11-22)15-20-19-14-8-5-6-10-21(14)15/h5-6,8,10,12-13,22H,3-4,7,9,11H2,1-2H3,(H2,17,18,23). The number of urea groups is 1. The van der Waals surface area contributed by atoms with Crippen LogP contribution in [0.1, 0.15) is 51.4 Å². The van der Waals surface area contributed by atoms with Crippen molar-refractivity contribution in [1.82, 2.24) is 25.2 Å². The van der Waals surface area contributed by atoms with Crippen molar-refractivity contribution in [3.63, 3.8) is 0 Å². The maximum Gasteiger partial charge on any atom is 0.315 e. The smallest absolute Gasteiger partial charge is 0.315 e. The molecule has 0 aliphatic heterocycles. The molecular weight excluding hydrogens is 294 g/mol. The van der Waals surface area contributed by atoms with Gasteiger partial charge in [0.05, 0.1) is 6.04 Å². The van der Waals surface area contributed by atoms with Crippen LogP contribution in [0.15, 0.2) is 24.4 Å². The molecule has 0 radical (unpaired) electrons. The molecule has 0 spiro atoms. The molecule has 2 rings (SSSR count). The molecule has 23 heavy (non-hydrogen) atoms. The van der Waals surface area contributed by atoms with E-state index in [1.54, 1.807) is 0 Å². The summed E-state index contributed by atoms with van der Waals surface area (Å²) in [5.74, 6) is 0.729. The second kappa shape index (κ2) is 8.47. The molecule has 2 atom stereocenters. The van der Waals surface area contributed by atoms with Gasteiger partial charge in [-0.1, -0.05) is 26.3 Å². The molecular formula is C16H25N5O2. The molecule has 0 saturated heterocycles. The second-order valence-corrected chi connectivity index (χ2v) is 5.56. The van der Waals surface area contributed by atoms with E-state index in [9.17, 15) is 4.79 Å². The Bertz CT molecular complexity index is 628. The zero-order valence-corrected chi connectivity index (χ0v) is 13.7. The molecule has 0 saturated carbocycles. The topological polar surface area (TPSA) is 91.5 Å². The van der Waals surface area contributed by atoms with E-state index >= 15 is 0 Å². The summed E-state index contributed by atoms with van der Waals surface area (Å²) in [5.41, 5.74) is 0.762. The molecule has 2 aromatic rings. The molecule has 2 unspecified atom stereocenters. The molecule has 126 valence electrons. The van der Waals surface area contributed by atoms with Crippen LogP contribution >= 0.6 is 0 Å². The fourth-order valence-corrected chi connectivity index (χ4v) is 2.57. The third-order valence-corrected chi connectivity index (χ3v) is 3.84. The number of nitrogens with zero attached hydrogens (tertiary/aromatic N) is 3. The van der Waals surface area contributed by atoms with E-state index in [0.29, 0.717) is 6.42 Å². The highest BCUT2D eigenvalue weighted by Gasteiger charge is 2.20. The summed E-state index contributed by atoms with van der Waals surface area (Å²) < 4.78 is 1.89. The van der Waals surface area contributed by atoms with E-state index in [4.69, 9.17) is 5.11 Å². The lowest BCUT2D eigenvalue weighted by molar-refractivity contribution is 0.223. The minimum atomic E-state index is -0.239. The molecule has 0 aliphatic rings. The van der Waals surface area contributed by atoms with Crippen LogP contribution < -0.4 is 10.6 Å². The lowest BCUT2D eigenvalue weighted by Crippen LogP contribution is -2.44. The summed E-state index contributed by atoms with van der Waals surface area (Å²) in [7, 11) is 0. The average Bonchev–Trinajstić information content (AvgIpc) is 2.98. The Balaban J connectivity index is 2.11. The van der Waals surface area contributed by atoms with E-state index in [1.807, 2.05) is 35.7 Å². The van der Waals surface area contributed by atoms with Gasteiger partial charge in [-0.05, 0) is 31.4 Å². The van der Waals surface area contributed by atoms with Crippen molar-refractivity contribution in [2.45, 2.75) is 51.6 Å². The fourth-order valence-electron chi connectivity index (χ4n) is 2.57. The van der Waals surface area contributed by atoms with Crippen molar-refractivity contribution in [2.75, 3.05) is 6.61 Å². The number of aliphatic hydroxyl groups is 1. The van der Waals surface area contributed by atoms with Crippen molar-refractivity contribution >= 4 is 11.7 Å². The summed E-state index contributed by atoms with van der Waals surface area (Å²) >= 11 is 0. The first-order chi connectivity index (χ1) is 11.2. The predicted molar refractivity (Wildman–Crippen MR) is 88.1 cm³/mol. The van der Waals surface area contributed by atoms with Gasteiger partial charge in [-0.15, -0.1) is 10.2 Å². The van der Waals surface area contributed by atoms with Gasteiger partial charge in [-0.3, -0.25) is 4.40 Å². The average molecular weight is 319 g/mol. The van der Waals surface area contributed by atoms with Crippen molar-refractivity contribution in [3.05, 3.63) is 30.2 Å². The molecule has 7 nitrogen and oxygen atoms in total. The molecule has 2 heterocycles. The van der Waals surface area contributed by atoms with E-state index in [0.717, 1.165) is 30.7 Å². The van der Waals surface area contributed by atoms with Gasteiger partial charge in [0, 0.05) is 18.8 Å². The Hall–Kier alpha value is -2.15. The number of hydrogen-bond donors (Lipinski definition) is 3. The first kappa shape index (κ1) is 17.2. The van der Waals surface area contributed by atoms with Crippen molar-refractivity contribution < 1.29 is 9.90 Å². The normalized spacial score (nSPS) is 13.7. The number of nitrogens with one attached hydrogen (secondary N) is 2. The summed E-state index contributed by atoms with van der Waals surface area (Å²) in [6, 6.07) is 5.23. The van der Waals surface area contributed by atoms with Gasteiger partial charge in [0.2, 0.25) is 0 Å². The molecule has 2 amide bonds. The van der Waals surface area contributed by atoms with Gasteiger partial charge in [-0.2, -0.15) is 0 Å². The molecule has 0 aromatic carbocycles. The van der Waals surface area contributed by atoms with Gasteiger partial charge < -0.3 is 15.7 Å². The highest BCUT2D eigenvalue weighted by Crippen LogP contribution is 2.17. The number of hydrogen-bond acceptors (Lipinski definition) is 4. The van der Waals surface area contributed by atoms with Crippen LogP contribution in [0.5, 0.6) is 0 Å². The van der Waals surface area contributed by atoms with Crippen molar-refractivity contribution in [2.24, 2.45) is 0 Å². The summed E-state index contributed by atoms with van der Waals surface area (Å²) in [6.45, 7) is 4.11. The largest absolute Gasteiger partial charge is 0.396 e. The van der Waals surface area contributed by atoms with E-state index in [1.165, 1.54) is 0 Å². The van der Waals surface area contributed by atoms with Crippen LogP contribution in [0.3, 0.4) is 0 Å². The lowest BCUT2D eigenvalue weighted by Gasteiger charge is -2.20. The Kier molecular flexibility index (Phi) is 6.34. The molecule has 0 fully saturated rings. The Morgan fingerprint density at radius 2 is 2.09 bits per heavy atom. The zero-order valence-electron chi connectivity index (χ0n) is 13.7. The van der Waals surface area contributed by atoms with Crippen molar-refractivity contribution in [1.29, 1.82) is 0 Å². The highest BCUT2D eigenvalue weighted by atomic mass is 16.3. The van der Waals surface area contributed by atoms with E-state index in [-0.39, 0.29) is 24.7 Å². The van der Waals surface area contributed by atoms with Gasteiger partial charge in [-0.25, -0.2) is 4.79 Å². The third-order valence-electron chi connectivity index (χ3n) is 3.84. The monoisotopic (exact) mass is 319 g/mol. The van der Waals surface area contributed by atoms with Crippen LogP contribution in [-0.4, -0.2) is 38.4 Å². The number of amides is 2.